The highest BCUT2D eigenvalue weighted by atomic mass is 32.1. The fraction of sp³-hybridized carbons (Fsp3) is 0.636. The summed E-state index contributed by atoms with van der Waals surface area (Å²) in [6.45, 7) is 4.94. The minimum absolute atomic E-state index is 0.268. The summed E-state index contributed by atoms with van der Waals surface area (Å²) in [6.07, 6.45) is 1.31. The van der Waals surface area contributed by atoms with Gasteiger partial charge in [-0.25, -0.2) is 0 Å². The molecule has 0 aromatic carbocycles. The number of thiophene rings is 1. The van der Waals surface area contributed by atoms with Crippen molar-refractivity contribution in [2.45, 2.75) is 32.4 Å². The van der Waals surface area contributed by atoms with E-state index in [0.29, 0.717) is 6.04 Å². The van der Waals surface area contributed by atoms with E-state index in [1.54, 1.807) is 11.3 Å². The molecule has 0 saturated carbocycles. The van der Waals surface area contributed by atoms with Gasteiger partial charge in [0.1, 0.15) is 0 Å². The summed E-state index contributed by atoms with van der Waals surface area (Å²) in [7, 11) is 1.99. The van der Waals surface area contributed by atoms with E-state index in [0.717, 1.165) is 13.0 Å². The molecule has 0 radical (unpaired) electrons. The highest BCUT2D eigenvalue weighted by Gasteiger charge is 2.15. The van der Waals surface area contributed by atoms with Crippen molar-refractivity contribution in [2.75, 3.05) is 13.7 Å². The number of nitrogens with one attached hydrogen (secondary N) is 1. The van der Waals surface area contributed by atoms with Crippen LogP contribution in [0.3, 0.4) is 0 Å². The lowest BCUT2D eigenvalue weighted by Crippen LogP contribution is -2.39. The zero-order chi connectivity index (χ0) is 10.4. The van der Waals surface area contributed by atoms with Gasteiger partial charge in [-0.15, -0.1) is 0 Å². The summed E-state index contributed by atoms with van der Waals surface area (Å²) in [4.78, 5) is 0. The quantitative estimate of drug-likeness (QED) is 0.783. The number of hydrogen-bond acceptors (Lipinski definition) is 3. The topological polar surface area (TPSA) is 21.3 Å². The van der Waals surface area contributed by atoms with Gasteiger partial charge >= 0.3 is 0 Å². The van der Waals surface area contributed by atoms with Gasteiger partial charge in [0.15, 0.2) is 0 Å². The van der Waals surface area contributed by atoms with Gasteiger partial charge in [0.2, 0.25) is 0 Å². The van der Waals surface area contributed by atoms with Gasteiger partial charge in [0.25, 0.3) is 0 Å². The van der Waals surface area contributed by atoms with Crippen LogP contribution in [-0.2, 0) is 11.2 Å². The second kappa shape index (κ2) is 6.17. The Hall–Kier alpha value is -0.380. The Morgan fingerprint density at radius 2 is 2.36 bits per heavy atom. The first kappa shape index (κ1) is 11.7. The molecule has 1 aromatic heterocycles. The van der Waals surface area contributed by atoms with Crippen molar-refractivity contribution in [1.82, 2.24) is 5.32 Å². The van der Waals surface area contributed by atoms with Crippen molar-refractivity contribution < 1.29 is 4.74 Å². The first-order valence-corrected chi connectivity index (χ1v) is 6.02. The normalized spacial score (nSPS) is 15.4. The molecule has 3 heteroatoms. The Labute approximate surface area is 90.3 Å². The van der Waals surface area contributed by atoms with Crippen LogP contribution < -0.4 is 5.32 Å². The van der Waals surface area contributed by atoms with Crippen LogP contribution in [0.1, 0.15) is 19.4 Å². The van der Waals surface area contributed by atoms with E-state index in [-0.39, 0.29) is 6.10 Å². The van der Waals surface area contributed by atoms with Gasteiger partial charge in [-0.2, -0.15) is 11.3 Å². The molecule has 1 aromatic rings. The number of hydrogen-bond donors (Lipinski definition) is 1. The molecule has 0 aliphatic heterocycles. The van der Waals surface area contributed by atoms with Gasteiger partial charge < -0.3 is 10.1 Å². The monoisotopic (exact) mass is 213 g/mol. The number of ether oxygens (including phenoxy) is 1. The molecule has 2 nitrogen and oxygen atoms in total. The molecule has 0 fully saturated rings. The zero-order valence-corrected chi connectivity index (χ0v) is 9.93. The number of rotatable bonds is 6. The molecule has 14 heavy (non-hydrogen) atoms. The Kier molecular flexibility index (Phi) is 5.15. The van der Waals surface area contributed by atoms with E-state index in [1.807, 2.05) is 14.0 Å². The Morgan fingerprint density at radius 1 is 1.57 bits per heavy atom. The molecule has 1 N–H and O–H groups in total. The summed E-state index contributed by atoms with van der Waals surface area (Å²) in [6, 6.07) is 2.58. The predicted molar refractivity (Wildman–Crippen MR) is 62.0 cm³/mol. The van der Waals surface area contributed by atoms with E-state index >= 15 is 0 Å². The molecular weight excluding hydrogens is 194 g/mol. The molecular formula is C11H19NOS. The van der Waals surface area contributed by atoms with Crippen molar-refractivity contribution in [3.8, 4) is 0 Å². The maximum atomic E-state index is 5.58. The van der Waals surface area contributed by atoms with Crippen molar-refractivity contribution >= 4 is 11.3 Å². The molecule has 2 unspecified atom stereocenters. The van der Waals surface area contributed by atoms with E-state index in [2.05, 4.69) is 29.1 Å². The maximum Gasteiger partial charge on any atom is 0.0702 e. The van der Waals surface area contributed by atoms with Crippen molar-refractivity contribution in [3.05, 3.63) is 22.4 Å². The molecule has 0 aliphatic rings. The summed E-state index contributed by atoms with van der Waals surface area (Å²) in [5, 5.41) is 7.62. The molecule has 0 amide bonds. The molecule has 2 atom stereocenters. The minimum Gasteiger partial charge on any atom is -0.377 e. The van der Waals surface area contributed by atoms with Gasteiger partial charge in [0.05, 0.1) is 6.10 Å². The molecule has 1 rings (SSSR count). The summed E-state index contributed by atoms with van der Waals surface area (Å²) in [5.41, 5.74) is 1.39. The minimum atomic E-state index is 0.268. The van der Waals surface area contributed by atoms with Gasteiger partial charge in [-0.1, -0.05) is 0 Å². The highest BCUT2D eigenvalue weighted by molar-refractivity contribution is 7.07. The van der Waals surface area contributed by atoms with E-state index in [4.69, 9.17) is 4.74 Å². The second-order valence-corrected chi connectivity index (χ2v) is 4.17. The van der Waals surface area contributed by atoms with Crippen LogP contribution in [0.4, 0.5) is 0 Å². The molecule has 0 saturated heterocycles. The van der Waals surface area contributed by atoms with E-state index in [9.17, 15) is 0 Å². The molecule has 0 spiro atoms. The second-order valence-electron chi connectivity index (χ2n) is 3.39. The third-order valence-electron chi connectivity index (χ3n) is 2.40. The van der Waals surface area contributed by atoms with Crippen molar-refractivity contribution in [3.63, 3.8) is 0 Å². The average Bonchev–Trinajstić information content (AvgIpc) is 2.66. The molecule has 1 heterocycles. The van der Waals surface area contributed by atoms with Crippen LogP contribution in [0.15, 0.2) is 16.8 Å². The first-order valence-electron chi connectivity index (χ1n) is 5.07. The van der Waals surface area contributed by atoms with Crippen molar-refractivity contribution in [2.24, 2.45) is 0 Å². The first-order chi connectivity index (χ1) is 6.77. The lowest BCUT2D eigenvalue weighted by molar-refractivity contribution is 0.0497. The van der Waals surface area contributed by atoms with Gasteiger partial charge in [-0.05, 0) is 49.7 Å². The van der Waals surface area contributed by atoms with Crippen LogP contribution in [0.5, 0.6) is 0 Å². The van der Waals surface area contributed by atoms with E-state index in [1.165, 1.54) is 5.56 Å². The predicted octanol–water partition coefficient (Wildman–Crippen LogP) is 2.30. The fourth-order valence-electron chi connectivity index (χ4n) is 1.54. The standard InChI is InChI=1S/C11H19NOS/c1-4-13-9(2)11(12-3)7-10-5-6-14-8-10/h5-6,8-9,11-12H,4,7H2,1-3H3. The summed E-state index contributed by atoms with van der Waals surface area (Å²) >= 11 is 1.75. The number of likely N-dealkylation sites (N-methyl/N-ethyl adjacent to an activating group) is 1. The van der Waals surface area contributed by atoms with Crippen LogP contribution >= 0.6 is 11.3 Å². The molecule has 80 valence electrons. The zero-order valence-electron chi connectivity index (χ0n) is 9.12. The molecule has 0 aliphatic carbocycles. The highest BCUT2D eigenvalue weighted by Crippen LogP contribution is 2.11. The lowest BCUT2D eigenvalue weighted by Gasteiger charge is -2.23. The largest absolute Gasteiger partial charge is 0.377 e. The smallest absolute Gasteiger partial charge is 0.0702 e. The SMILES string of the molecule is CCOC(C)C(Cc1ccsc1)NC. The van der Waals surface area contributed by atoms with Crippen LogP contribution in [0.2, 0.25) is 0 Å². The summed E-state index contributed by atoms with van der Waals surface area (Å²) < 4.78 is 5.58. The summed E-state index contributed by atoms with van der Waals surface area (Å²) in [5.74, 6) is 0. The third-order valence-corrected chi connectivity index (χ3v) is 3.13. The van der Waals surface area contributed by atoms with Crippen LogP contribution in [0, 0.1) is 0 Å². The van der Waals surface area contributed by atoms with Gasteiger partial charge in [0, 0.05) is 12.6 Å². The van der Waals surface area contributed by atoms with Crippen LogP contribution in [0.25, 0.3) is 0 Å². The van der Waals surface area contributed by atoms with E-state index < -0.39 is 0 Å². The van der Waals surface area contributed by atoms with Crippen molar-refractivity contribution in [1.29, 1.82) is 0 Å². The fourth-order valence-corrected chi connectivity index (χ4v) is 2.23. The maximum absolute atomic E-state index is 5.58. The molecule has 0 bridgehead atoms. The van der Waals surface area contributed by atoms with Crippen LogP contribution in [-0.4, -0.2) is 25.8 Å². The third kappa shape index (κ3) is 3.40. The van der Waals surface area contributed by atoms with Gasteiger partial charge in [-0.3, -0.25) is 0 Å². The average molecular weight is 213 g/mol. The Morgan fingerprint density at radius 3 is 2.86 bits per heavy atom. The Bertz CT molecular complexity index is 235. The lowest BCUT2D eigenvalue weighted by atomic mass is 10.0. The Balaban J connectivity index is 2.46.